The number of rotatable bonds is 7. The summed E-state index contributed by atoms with van der Waals surface area (Å²) in [6.07, 6.45) is 10.1. The van der Waals surface area contributed by atoms with Crippen LogP contribution in [0.15, 0.2) is 66.9 Å². The predicted molar refractivity (Wildman–Crippen MR) is 180 cm³/mol. The molecule has 0 radical (unpaired) electrons. The second-order valence-corrected chi connectivity index (χ2v) is 14.0. The zero-order valence-electron chi connectivity index (χ0n) is 26.8. The number of hydrogen-bond donors (Lipinski definition) is 2. The fourth-order valence-corrected chi connectivity index (χ4v) is 8.55. The van der Waals surface area contributed by atoms with Gasteiger partial charge in [-0.2, -0.15) is 5.10 Å². The zero-order chi connectivity index (χ0) is 32.1. The largest absolute Gasteiger partial charge is 0.382 e. The lowest BCUT2D eigenvalue weighted by Gasteiger charge is -2.48. The smallest absolute Gasteiger partial charge is 0.257 e. The van der Waals surface area contributed by atoms with Crippen LogP contribution in [0.2, 0.25) is 0 Å². The number of hydrogen-bond acceptors (Lipinski definition) is 5. The molecule has 2 saturated heterocycles. The first-order valence-corrected chi connectivity index (χ1v) is 17.2. The summed E-state index contributed by atoms with van der Waals surface area (Å²) >= 11 is 0. The van der Waals surface area contributed by atoms with Gasteiger partial charge in [0.15, 0.2) is 0 Å². The van der Waals surface area contributed by atoms with Gasteiger partial charge in [-0.25, -0.2) is 4.39 Å². The summed E-state index contributed by atoms with van der Waals surface area (Å²) in [5.74, 6) is -1.33. The number of aryl methyl sites for hydroxylation is 1. The van der Waals surface area contributed by atoms with E-state index >= 15 is 4.39 Å². The van der Waals surface area contributed by atoms with Crippen LogP contribution >= 0.6 is 0 Å². The number of amides is 2. The van der Waals surface area contributed by atoms with Gasteiger partial charge in [-0.05, 0) is 92.5 Å². The van der Waals surface area contributed by atoms with Crippen LogP contribution in [0.3, 0.4) is 0 Å². The van der Waals surface area contributed by atoms with Crippen LogP contribution in [0.1, 0.15) is 84.9 Å². The Bertz CT molecular complexity index is 1770. The molecule has 2 aliphatic heterocycles. The van der Waals surface area contributed by atoms with Gasteiger partial charge in [0.1, 0.15) is 5.82 Å². The molecule has 2 N–H and O–H groups in total. The summed E-state index contributed by atoms with van der Waals surface area (Å²) in [6.45, 7) is 3.03. The molecule has 47 heavy (non-hydrogen) atoms. The van der Waals surface area contributed by atoms with Crippen molar-refractivity contribution in [3.05, 3.63) is 89.4 Å². The van der Waals surface area contributed by atoms with Gasteiger partial charge in [0.25, 0.3) is 5.91 Å². The van der Waals surface area contributed by atoms with Crippen LogP contribution < -0.4 is 10.6 Å². The molecule has 4 atom stereocenters. The van der Waals surface area contributed by atoms with Crippen molar-refractivity contribution in [2.45, 2.75) is 82.5 Å². The lowest BCUT2D eigenvalue weighted by atomic mass is 9.76. The number of likely N-dealkylation sites (tertiary alicyclic amines) is 1. The molecule has 1 aromatic heterocycles. The van der Waals surface area contributed by atoms with Crippen LogP contribution in [0.4, 0.5) is 15.8 Å². The Morgan fingerprint density at radius 1 is 0.936 bits per heavy atom. The Kier molecular flexibility index (Phi) is 7.95. The Morgan fingerprint density at radius 2 is 1.72 bits per heavy atom. The minimum absolute atomic E-state index is 0.0535. The topological polar surface area (TPSA) is 88.5 Å². The number of anilines is 2. The van der Waals surface area contributed by atoms with Gasteiger partial charge in [-0.15, -0.1) is 0 Å². The maximum absolute atomic E-state index is 15.4. The maximum Gasteiger partial charge on any atom is 0.257 e. The molecule has 2 amide bonds. The van der Waals surface area contributed by atoms with E-state index in [1.165, 1.54) is 31.7 Å². The molecule has 2 aliphatic carbocycles. The predicted octanol–water partition coefficient (Wildman–Crippen LogP) is 7.42. The Labute approximate surface area is 274 Å². The highest BCUT2D eigenvalue weighted by atomic mass is 19.1. The number of benzene rings is 3. The van der Waals surface area contributed by atoms with Crippen molar-refractivity contribution in [1.29, 1.82) is 0 Å². The van der Waals surface area contributed by atoms with Crippen LogP contribution in [-0.4, -0.2) is 51.8 Å². The van der Waals surface area contributed by atoms with Crippen LogP contribution in [-0.2, 0) is 9.53 Å². The molecule has 9 heteroatoms. The Balaban J connectivity index is 1.16. The normalized spacial score (nSPS) is 24.7. The summed E-state index contributed by atoms with van der Waals surface area (Å²) in [5.41, 5.74) is 4.28. The van der Waals surface area contributed by atoms with Crippen molar-refractivity contribution in [3.8, 4) is 0 Å². The number of carbonyl (C=O) groups is 2. The number of ether oxygens (including phenoxy) is 1. The lowest BCUT2D eigenvalue weighted by molar-refractivity contribution is -0.125. The first-order chi connectivity index (χ1) is 22.9. The minimum Gasteiger partial charge on any atom is -0.382 e. The molecule has 0 bridgehead atoms. The molecule has 244 valence electrons. The van der Waals surface area contributed by atoms with E-state index in [0.29, 0.717) is 36.9 Å². The molecule has 4 aromatic rings. The molecule has 4 aliphatic rings. The molecule has 3 heterocycles. The number of nitrogens with zero attached hydrogens (tertiary/aromatic N) is 3. The number of nitrogens with one attached hydrogen (secondary N) is 2. The summed E-state index contributed by atoms with van der Waals surface area (Å²) < 4.78 is 22.8. The molecule has 2 unspecified atom stereocenters. The van der Waals surface area contributed by atoms with Crippen molar-refractivity contribution in [1.82, 2.24) is 14.7 Å². The standard InChI is InChI=1S/C38H42FN5O3/c1-23-6-4-10-32(39)35(23)38(46)43-33-11-5-7-25(33)18-31(36(43)24-12-15-28(16-13-24)41-27-8-2-3-9-27)37(45)42-29-17-14-26-20-40-44(34(26)19-29)30-21-47-22-30/h4,6,10,12-17,19-20,25,27,30-31,33,36,41H,2-3,5,7-9,11,18,21-22H2,1H3,(H,42,45)/t25-,31?,33-,36?/m0/s1. The number of fused-ring (bicyclic) bond motifs is 2. The minimum atomic E-state index is -0.539. The van der Waals surface area contributed by atoms with Gasteiger partial charge in [-0.1, -0.05) is 43.5 Å². The number of piperidine rings is 1. The highest BCUT2D eigenvalue weighted by Crippen LogP contribution is 2.49. The van der Waals surface area contributed by atoms with E-state index in [-0.39, 0.29) is 35.4 Å². The summed E-state index contributed by atoms with van der Waals surface area (Å²) in [6, 6.07) is 19.0. The molecular formula is C38H42FN5O3. The van der Waals surface area contributed by atoms with Crippen LogP contribution in [0, 0.1) is 24.6 Å². The van der Waals surface area contributed by atoms with Gasteiger partial charge < -0.3 is 20.3 Å². The highest BCUT2D eigenvalue weighted by molar-refractivity contribution is 5.99. The molecule has 4 fully saturated rings. The SMILES string of the molecule is Cc1cccc(F)c1C(=O)N1C(c2ccc(NC3CCCC3)cc2)C(C(=O)Nc2ccc3cnn(C4COC4)c3c2)C[C@@H]2CCC[C@@H]21. The van der Waals surface area contributed by atoms with Gasteiger partial charge >= 0.3 is 0 Å². The lowest BCUT2D eigenvalue weighted by Crippen LogP contribution is -2.54. The van der Waals surface area contributed by atoms with Gasteiger partial charge in [0, 0.05) is 28.8 Å². The van der Waals surface area contributed by atoms with Crippen molar-refractivity contribution < 1.29 is 18.7 Å². The van der Waals surface area contributed by atoms with Crippen molar-refractivity contribution in [2.75, 3.05) is 23.8 Å². The molecular weight excluding hydrogens is 593 g/mol. The third-order valence-electron chi connectivity index (χ3n) is 11.0. The molecule has 0 spiro atoms. The second-order valence-electron chi connectivity index (χ2n) is 14.0. The number of halogens is 1. The summed E-state index contributed by atoms with van der Waals surface area (Å²) in [7, 11) is 0. The Morgan fingerprint density at radius 3 is 2.47 bits per heavy atom. The second kappa shape index (κ2) is 12.4. The average molecular weight is 636 g/mol. The molecule has 3 aromatic carbocycles. The van der Waals surface area contributed by atoms with Crippen LogP contribution in [0.25, 0.3) is 10.9 Å². The highest BCUT2D eigenvalue weighted by Gasteiger charge is 2.50. The van der Waals surface area contributed by atoms with E-state index in [9.17, 15) is 9.59 Å². The molecule has 8 nitrogen and oxygen atoms in total. The first-order valence-electron chi connectivity index (χ1n) is 17.2. The van der Waals surface area contributed by atoms with Gasteiger partial charge in [0.05, 0.1) is 48.5 Å². The number of aromatic nitrogens is 2. The third-order valence-corrected chi connectivity index (χ3v) is 11.0. The van der Waals surface area contributed by atoms with Gasteiger partial charge in [-0.3, -0.25) is 14.3 Å². The van der Waals surface area contributed by atoms with E-state index in [4.69, 9.17) is 4.74 Å². The molecule has 8 rings (SSSR count). The fraction of sp³-hybridized carbons (Fsp3) is 0.447. The average Bonchev–Trinajstić information content (AvgIpc) is 3.82. The van der Waals surface area contributed by atoms with Crippen molar-refractivity contribution in [2.24, 2.45) is 11.8 Å². The summed E-state index contributed by atoms with van der Waals surface area (Å²) in [5, 5.41) is 12.5. The maximum atomic E-state index is 15.4. The van der Waals surface area contributed by atoms with E-state index in [1.54, 1.807) is 19.1 Å². The number of carbonyl (C=O) groups excluding carboxylic acids is 2. The fourth-order valence-electron chi connectivity index (χ4n) is 8.55. The monoisotopic (exact) mass is 635 g/mol. The van der Waals surface area contributed by atoms with E-state index < -0.39 is 17.8 Å². The quantitative estimate of drug-likeness (QED) is 0.221. The van der Waals surface area contributed by atoms with Crippen molar-refractivity contribution in [3.63, 3.8) is 0 Å². The van der Waals surface area contributed by atoms with Crippen LogP contribution in [0.5, 0.6) is 0 Å². The van der Waals surface area contributed by atoms with E-state index in [1.807, 2.05) is 34.0 Å². The summed E-state index contributed by atoms with van der Waals surface area (Å²) in [4.78, 5) is 30.9. The first kappa shape index (κ1) is 30.1. The zero-order valence-corrected chi connectivity index (χ0v) is 26.8. The van der Waals surface area contributed by atoms with Crippen molar-refractivity contribution >= 4 is 34.1 Å². The Hall–Kier alpha value is -4.24. The third kappa shape index (κ3) is 5.58. The van der Waals surface area contributed by atoms with Gasteiger partial charge in [0.2, 0.25) is 5.91 Å². The molecule has 2 saturated carbocycles. The van der Waals surface area contributed by atoms with E-state index in [2.05, 4.69) is 40.0 Å². The van der Waals surface area contributed by atoms with E-state index in [0.717, 1.165) is 41.4 Å².